The summed E-state index contributed by atoms with van der Waals surface area (Å²) >= 11 is 0. The average Bonchev–Trinajstić information content (AvgIpc) is 2.06. The summed E-state index contributed by atoms with van der Waals surface area (Å²) in [6.45, 7) is 4.55. The van der Waals surface area contributed by atoms with E-state index in [2.05, 4.69) is 23.6 Å². The Morgan fingerprint density at radius 2 is 1.25 bits per heavy atom. The molecule has 0 aromatic heterocycles. The zero-order chi connectivity index (χ0) is 9.23. The molecule has 0 N–H and O–H groups in total. The molecule has 0 aliphatic heterocycles. The Morgan fingerprint density at radius 3 is 1.58 bits per heavy atom. The molecule has 2 heteroatoms. The maximum Gasteiger partial charge on any atom is 0.0303 e. The minimum absolute atomic E-state index is 0.129. The molecule has 70 valence electrons. The van der Waals surface area contributed by atoms with E-state index < -0.39 is 0 Å². The predicted molar refractivity (Wildman–Crippen MR) is 60.2 cm³/mol. The summed E-state index contributed by atoms with van der Waals surface area (Å²) in [5, 5.41) is 0. The van der Waals surface area contributed by atoms with Crippen molar-refractivity contribution in [1.29, 1.82) is 0 Å². The van der Waals surface area contributed by atoms with Crippen LogP contribution in [0.15, 0.2) is 0 Å². The molecular weight excluding hydrogens is 176 g/mol. The Bertz CT molecular complexity index is 73.9. The van der Waals surface area contributed by atoms with Gasteiger partial charge in [-0.2, -0.15) is 0 Å². The van der Waals surface area contributed by atoms with E-state index in [1.165, 1.54) is 50.6 Å². The third kappa shape index (κ3) is 8.53. The second kappa shape index (κ2) is 9.52. The molecule has 0 saturated heterocycles. The van der Waals surface area contributed by atoms with Crippen molar-refractivity contribution in [2.45, 2.75) is 64.5 Å². The first-order valence-corrected chi connectivity index (χ1v) is 8.79. The van der Waals surface area contributed by atoms with Crippen molar-refractivity contribution in [1.82, 2.24) is 0 Å². The lowest BCUT2D eigenvalue weighted by Crippen LogP contribution is -2.11. The zero-order valence-electron chi connectivity index (χ0n) is 8.66. The fourth-order valence-electron chi connectivity index (χ4n) is 1.30. The topological polar surface area (TPSA) is 0 Å². The minimum Gasteiger partial charge on any atom is -0.0654 e. The fourth-order valence-corrected chi connectivity index (χ4v) is 3.97. The predicted octanol–water partition coefficient (Wildman–Crippen LogP) is 3.53. The first kappa shape index (κ1) is 12.4. The molecule has 0 amide bonds. The van der Waals surface area contributed by atoms with E-state index in [0.717, 1.165) is 0 Å². The SMILES string of the molecule is CCCCC[Si]([Si])CCCCC. The van der Waals surface area contributed by atoms with Gasteiger partial charge in [0, 0.05) is 18.1 Å². The quantitative estimate of drug-likeness (QED) is 0.413. The van der Waals surface area contributed by atoms with Crippen LogP contribution < -0.4 is 0 Å². The molecule has 0 saturated carbocycles. The first-order valence-electron chi connectivity index (χ1n) is 5.37. The molecule has 0 nitrogen and oxygen atoms in total. The monoisotopic (exact) mass is 198 g/mol. The van der Waals surface area contributed by atoms with Gasteiger partial charge in [-0.1, -0.05) is 64.5 Å². The van der Waals surface area contributed by atoms with Gasteiger partial charge in [0.2, 0.25) is 0 Å². The Morgan fingerprint density at radius 1 is 0.833 bits per heavy atom. The van der Waals surface area contributed by atoms with Gasteiger partial charge in [-0.25, -0.2) is 0 Å². The molecule has 0 spiro atoms. The van der Waals surface area contributed by atoms with Crippen LogP contribution in [0.3, 0.4) is 0 Å². The average molecular weight is 198 g/mol. The second-order valence-electron chi connectivity index (χ2n) is 3.52. The molecule has 12 heavy (non-hydrogen) atoms. The van der Waals surface area contributed by atoms with E-state index in [9.17, 15) is 0 Å². The molecule has 0 aliphatic carbocycles. The van der Waals surface area contributed by atoms with Crippen LogP contribution in [0.5, 0.6) is 0 Å². The van der Waals surface area contributed by atoms with Crippen LogP contribution in [0.1, 0.15) is 52.4 Å². The van der Waals surface area contributed by atoms with Crippen LogP contribution >= 0.6 is 0 Å². The number of hydrogen-bond acceptors (Lipinski definition) is 0. The Kier molecular flexibility index (Phi) is 9.87. The fraction of sp³-hybridized carbons (Fsp3) is 1.00. The van der Waals surface area contributed by atoms with E-state index >= 15 is 0 Å². The highest BCUT2D eigenvalue weighted by Gasteiger charge is 2.02. The van der Waals surface area contributed by atoms with E-state index in [1.54, 1.807) is 0 Å². The molecule has 0 bridgehead atoms. The van der Waals surface area contributed by atoms with E-state index in [0.29, 0.717) is 0 Å². The van der Waals surface area contributed by atoms with Gasteiger partial charge in [0.15, 0.2) is 0 Å². The lowest BCUT2D eigenvalue weighted by Gasteiger charge is -2.07. The first-order chi connectivity index (χ1) is 5.81. The summed E-state index contributed by atoms with van der Waals surface area (Å²) in [6.07, 6.45) is 8.45. The van der Waals surface area contributed by atoms with Crippen molar-refractivity contribution in [2.24, 2.45) is 0 Å². The molecular formula is C10H22Si2. The highest BCUT2D eigenvalue weighted by atomic mass is 29.1. The Labute approximate surface area is 83.0 Å². The second-order valence-corrected chi connectivity index (χ2v) is 7.85. The molecule has 0 heterocycles. The van der Waals surface area contributed by atoms with E-state index in [-0.39, 0.29) is 8.31 Å². The van der Waals surface area contributed by atoms with Crippen molar-refractivity contribution >= 4 is 18.1 Å². The van der Waals surface area contributed by atoms with Crippen LogP contribution in [-0.2, 0) is 0 Å². The number of unbranched alkanes of at least 4 members (excludes halogenated alkanes) is 4. The maximum atomic E-state index is 3.89. The van der Waals surface area contributed by atoms with Gasteiger partial charge >= 0.3 is 0 Å². The molecule has 4 radical (unpaired) electrons. The van der Waals surface area contributed by atoms with Gasteiger partial charge in [-0.05, 0) is 0 Å². The molecule has 0 aliphatic rings. The molecule has 0 aromatic carbocycles. The van der Waals surface area contributed by atoms with Crippen molar-refractivity contribution in [3.05, 3.63) is 0 Å². The van der Waals surface area contributed by atoms with Gasteiger partial charge in [-0.15, -0.1) is 0 Å². The lowest BCUT2D eigenvalue weighted by atomic mass is 10.3. The molecule has 0 rings (SSSR count). The number of rotatable bonds is 8. The molecule has 0 aromatic rings. The van der Waals surface area contributed by atoms with Crippen LogP contribution in [0.4, 0.5) is 0 Å². The zero-order valence-corrected chi connectivity index (χ0v) is 10.7. The van der Waals surface area contributed by atoms with Crippen molar-refractivity contribution < 1.29 is 0 Å². The molecule has 0 fully saturated rings. The summed E-state index contributed by atoms with van der Waals surface area (Å²) < 4.78 is 0. The van der Waals surface area contributed by atoms with Gasteiger partial charge in [0.25, 0.3) is 0 Å². The van der Waals surface area contributed by atoms with Gasteiger partial charge < -0.3 is 0 Å². The lowest BCUT2D eigenvalue weighted by molar-refractivity contribution is 0.750. The van der Waals surface area contributed by atoms with Crippen LogP contribution in [0.25, 0.3) is 0 Å². The van der Waals surface area contributed by atoms with Crippen molar-refractivity contribution in [3.8, 4) is 0 Å². The summed E-state index contributed by atoms with van der Waals surface area (Å²) in [6, 6.07) is 2.94. The molecule has 0 unspecified atom stereocenters. The Balaban J connectivity index is 3.04. The summed E-state index contributed by atoms with van der Waals surface area (Å²) in [4.78, 5) is 0. The van der Waals surface area contributed by atoms with E-state index in [1.807, 2.05) is 0 Å². The summed E-state index contributed by atoms with van der Waals surface area (Å²) in [5.74, 6) is 0. The van der Waals surface area contributed by atoms with Crippen LogP contribution in [0.2, 0.25) is 12.1 Å². The largest absolute Gasteiger partial charge is 0.0654 e. The van der Waals surface area contributed by atoms with Crippen molar-refractivity contribution in [2.75, 3.05) is 0 Å². The molecule has 0 atom stereocenters. The highest BCUT2D eigenvalue weighted by molar-refractivity contribution is 7.03. The Hall–Kier alpha value is 0.434. The number of hydrogen-bond donors (Lipinski definition) is 0. The van der Waals surface area contributed by atoms with Gasteiger partial charge in [-0.3, -0.25) is 0 Å². The smallest absolute Gasteiger partial charge is 0.0303 e. The summed E-state index contributed by atoms with van der Waals surface area (Å²) in [5.41, 5.74) is 0. The van der Waals surface area contributed by atoms with Crippen LogP contribution in [0, 0.1) is 0 Å². The van der Waals surface area contributed by atoms with Crippen molar-refractivity contribution in [3.63, 3.8) is 0 Å². The highest BCUT2D eigenvalue weighted by Crippen LogP contribution is 2.09. The normalized spacial score (nSPS) is 11.0. The minimum atomic E-state index is -0.129. The third-order valence-electron chi connectivity index (χ3n) is 2.16. The summed E-state index contributed by atoms with van der Waals surface area (Å²) in [7, 11) is 3.76. The third-order valence-corrected chi connectivity index (χ3v) is 5.58. The van der Waals surface area contributed by atoms with Crippen LogP contribution in [-0.4, -0.2) is 18.1 Å². The van der Waals surface area contributed by atoms with Gasteiger partial charge in [0.1, 0.15) is 0 Å². The van der Waals surface area contributed by atoms with E-state index in [4.69, 9.17) is 0 Å². The van der Waals surface area contributed by atoms with Gasteiger partial charge in [0.05, 0.1) is 0 Å². The standard InChI is InChI=1S/C10H22Si2/c1-3-5-7-9-12(11)10-8-6-4-2/h3-10H2,1-2H3. The maximum absolute atomic E-state index is 3.89.